The second-order valence-electron chi connectivity index (χ2n) is 4.57. The normalized spacial score (nSPS) is 18.9. The maximum atomic E-state index is 14.4. The van der Waals surface area contributed by atoms with Crippen molar-refractivity contribution in [3.63, 3.8) is 0 Å². The summed E-state index contributed by atoms with van der Waals surface area (Å²) in [5, 5.41) is 2.70. The van der Waals surface area contributed by atoms with E-state index in [9.17, 15) is 9.18 Å². The zero-order valence-corrected chi connectivity index (χ0v) is 9.96. The smallest absolute Gasteiger partial charge is 0.224 e. The Morgan fingerprint density at radius 2 is 2.17 bits per heavy atom. The number of rotatable bonds is 1. The van der Waals surface area contributed by atoms with Crippen molar-refractivity contribution < 1.29 is 13.9 Å². The van der Waals surface area contributed by atoms with Crippen LogP contribution in [0.4, 0.5) is 10.1 Å². The summed E-state index contributed by atoms with van der Waals surface area (Å²) in [6.07, 6.45) is 3.66. The Labute approximate surface area is 105 Å². The number of hydrogen-bond acceptors (Lipinski definition) is 2. The second-order valence-corrected chi connectivity index (χ2v) is 4.57. The van der Waals surface area contributed by atoms with Crippen LogP contribution in [0.2, 0.25) is 0 Å². The molecule has 0 aliphatic carbocycles. The number of amides is 1. The number of carbonyl (C=O) groups excluding carboxylic acids is 1. The van der Waals surface area contributed by atoms with Gasteiger partial charge in [0.15, 0.2) is 0 Å². The van der Waals surface area contributed by atoms with E-state index in [1.807, 2.05) is 6.08 Å². The average Bonchev–Trinajstić information content (AvgIpc) is 2.40. The highest BCUT2D eigenvalue weighted by molar-refractivity contribution is 5.94. The molecule has 1 aromatic carbocycles. The fraction of sp³-hybridized carbons (Fsp3) is 0.357. The van der Waals surface area contributed by atoms with Gasteiger partial charge in [-0.25, -0.2) is 4.39 Å². The van der Waals surface area contributed by atoms with E-state index in [1.165, 1.54) is 0 Å². The molecule has 2 heterocycles. The van der Waals surface area contributed by atoms with Crippen LogP contribution < -0.4 is 5.32 Å². The largest absolute Gasteiger partial charge is 0.376 e. The van der Waals surface area contributed by atoms with Gasteiger partial charge in [-0.15, -0.1) is 0 Å². The molecule has 3 nitrogen and oxygen atoms in total. The molecule has 2 aliphatic rings. The minimum absolute atomic E-state index is 0.0464. The van der Waals surface area contributed by atoms with Crippen LogP contribution in [-0.4, -0.2) is 19.1 Å². The highest BCUT2D eigenvalue weighted by atomic mass is 19.1. The van der Waals surface area contributed by atoms with Crippen molar-refractivity contribution in [2.24, 2.45) is 0 Å². The van der Waals surface area contributed by atoms with Gasteiger partial charge in [0.1, 0.15) is 5.82 Å². The number of carbonyl (C=O) groups is 1. The summed E-state index contributed by atoms with van der Waals surface area (Å²) in [6, 6.07) is 3.50. The quantitative estimate of drug-likeness (QED) is 0.828. The van der Waals surface area contributed by atoms with Crippen molar-refractivity contribution in [3.05, 3.63) is 35.2 Å². The van der Waals surface area contributed by atoms with Gasteiger partial charge in [0, 0.05) is 23.2 Å². The first-order valence-corrected chi connectivity index (χ1v) is 6.14. The van der Waals surface area contributed by atoms with Gasteiger partial charge < -0.3 is 10.1 Å². The summed E-state index contributed by atoms with van der Waals surface area (Å²) in [5.74, 6) is -0.265. The number of halogens is 1. The molecule has 0 radical (unpaired) electrons. The van der Waals surface area contributed by atoms with E-state index in [1.54, 1.807) is 12.1 Å². The maximum absolute atomic E-state index is 14.4. The summed E-state index contributed by atoms with van der Waals surface area (Å²) >= 11 is 0. The molecule has 1 aromatic rings. The molecule has 0 saturated heterocycles. The molecule has 0 atom stereocenters. The summed E-state index contributed by atoms with van der Waals surface area (Å²) < 4.78 is 19.8. The lowest BCUT2D eigenvalue weighted by molar-refractivity contribution is -0.116. The molecule has 0 bridgehead atoms. The van der Waals surface area contributed by atoms with Gasteiger partial charge in [-0.2, -0.15) is 0 Å². The third-order valence-corrected chi connectivity index (χ3v) is 3.38. The van der Waals surface area contributed by atoms with Crippen molar-refractivity contribution in [2.75, 3.05) is 18.5 Å². The lowest BCUT2D eigenvalue weighted by Gasteiger charge is -2.21. The lowest BCUT2D eigenvalue weighted by Crippen LogP contribution is -2.20. The van der Waals surface area contributed by atoms with Crippen LogP contribution in [0.5, 0.6) is 0 Å². The van der Waals surface area contributed by atoms with Gasteiger partial charge in [-0.1, -0.05) is 6.08 Å². The molecule has 4 heteroatoms. The van der Waals surface area contributed by atoms with Gasteiger partial charge in [0.2, 0.25) is 5.91 Å². The zero-order valence-electron chi connectivity index (χ0n) is 9.96. The van der Waals surface area contributed by atoms with E-state index in [0.717, 1.165) is 12.0 Å². The van der Waals surface area contributed by atoms with E-state index in [-0.39, 0.29) is 11.7 Å². The summed E-state index contributed by atoms with van der Waals surface area (Å²) in [5.41, 5.74) is 2.71. The molecule has 94 valence electrons. The first-order chi connectivity index (χ1) is 8.75. The number of anilines is 1. The molecule has 1 N–H and O–H groups in total. The molecular formula is C14H14FNO2. The van der Waals surface area contributed by atoms with Crippen molar-refractivity contribution in [2.45, 2.75) is 19.3 Å². The van der Waals surface area contributed by atoms with Gasteiger partial charge in [-0.3, -0.25) is 4.79 Å². The van der Waals surface area contributed by atoms with E-state index < -0.39 is 0 Å². The first kappa shape index (κ1) is 11.4. The summed E-state index contributed by atoms with van der Waals surface area (Å²) in [7, 11) is 0. The van der Waals surface area contributed by atoms with Crippen LogP contribution in [0.15, 0.2) is 18.2 Å². The van der Waals surface area contributed by atoms with Crippen LogP contribution in [0.3, 0.4) is 0 Å². The monoisotopic (exact) mass is 247 g/mol. The number of nitrogens with one attached hydrogen (secondary N) is 1. The van der Waals surface area contributed by atoms with Crippen LogP contribution in [0.25, 0.3) is 5.57 Å². The SMILES string of the molecule is O=C1CCc2c(ccc(C3=CCCOC3)c2F)N1. The Kier molecular flexibility index (Phi) is 2.88. The van der Waals surface area contributed by atoms with Crippen LogP contribution in [-0.2, 0) is 16.0 Å². The Bertz CT molecular complexity index is 537. The second kappa shape index (κ2) is 4.53. The Morgan fingerprint density at radius 1 is 1.28 bits per heavy atom. The maximum Gasteiger partial charge on any atom is 0.224 e. The molecule has 0 aromatic heterocycles. The number of benzene rings is 1. The van der Waals surface area contributed by atoms with Crippen molar-refractivity contribution in [3.8, 4) is 0 Å². The minimum atomic E-state index is -0.218. The Balaban J connectivity index is 2.02. The van der Waals surface area contributed by atoms with E-state index in [4.69, 9.17) is 4.74 Å². The highest BCUT2D eigenvalue weighted by Gasteiger charge is 2.22. The summed E-state index contributed by atoms with van der Waals surface area (Å²) in [4.78, 5) is 11.3. The topological polar surface area (TPSA) is 38.3 Å². The van der Waals surface area contributed by atoms with E-state index >= 15 is 0 Å². The minimum Gasteiger partial charge on any atom is -0.376 e. The van der Waals surface area contributed by atoms with Gasteiger partial charge in [0.05, 0.1) is 13.2 Å². The third kappa shape index (κ3) is 1.93. The average molecular weight is 247 g/mol. The van der Waals surface area contributed by atoms with E-state index in [0.29, 0.717) is 42.9 Å². The van der Waals surface area contributed by atoms with Gasteiger partial charge >= 0.3 is 0 Å². The van der Waals surface area contributed by atoms with Crippen LogP contribution >= 0.6 is 0 Å². The fourth-order valence-corrected chi connectivity index (χ4v) is 2.43. The predicted molar refractivity (Wildman–Crippen MR) is 66.8 cm³/mol. The highest BCUT2D eigenvalue weighted by Crippen LogP contribution is 2.31. The molecule has 18 heavy (non-hydrogen) atoms. The van der Waals surface area contributed by atoms with Gasteiger partial charge in [-0.05, 0) is 30.5 Å². The molecule has 0 spiro atoms. The molecule has 0 fully saturated rings. The number of fused-ring (bicyclic) bond motifs is 1. The molecule has 0 unspecified atom stereocenters. The van der Waals surface area contributed by atoms with Gasteiger partial charge in [0.25, 0.3) is 0 Å². The van der Waals surface area contributed by atoms with E-state index in [2.05, 4.69) is 5.32 Å². The first-order valence-electron chi connectivity index (χ1n) is 6.14. The lowest BCUT2D eigenvalue weighted by atomic mass is 9.95. The zero-order chi connectivity index (χ0) is 12.5. The molecule has 2 aliphatic heterocycles. The number of hydrogen-bond donors (Lipinski definition) is 1. The standard InChI is InChI=1S/C14H14FNO2/c15-14-10(9-2-1-7-18-8-9)3-5-12-11(14)4-6-13(17)16-12/h2-3,5H,1,4,6-8H2,(H,16,17). The third-order valence-electron chi connectivity index (χ3n) is 3.38. The van der Waals surface area contributed by atoms with Crippen LogP contribution in [0.1, 0.15) is 24.0 Å². The number of ether oxygens (including phenoxy) is 1. The van der Waals surface area contributed by atoms with Crippen LogP contribution in [0, 0.1) is 5.82 Å². The molecule has 1 amide bonds. The Hall–Kier alpha value is -1.68. The van der Waals surface area contributed by atoms with Crippen molar-refractivity contribution >= 4 is 17.2 Å². The summed E-state index contributed by atoms with van der Waals surface area (Å²) in [6.45, 7) is 1.16. The Morgan fingerprint density at radius 3 is 2.94 bits per heavy atom. The fourth-order valence-electron chi connectivity index (χ4n) is 2.43. The van der Waals surface area contributed by atoms with Crippen molar-refractivity contribution in [1.82, 2.24) is 0 Å². The molecule has 3 rings (SSSR count). The molecular weight excluding hydrogens is 233 g/mol. The predicted octanol–water partition coefficient (Wildman–Crippen LogP) is 2.51. The molecule has 0 saturated carbocycles. The van der Waals surface area contributed by atoms with Crippen molar-refractivity contribution in [1.29, 1.82) is 0 Å².